The Balaban J connectivity index is 2.18. The van der Waals surface area contributed by atoms with Crippen LogP contribution >= 0.6 is 0 Å². The summed E-state index contributed by atoms with van der Waals surface area (Å²) in [5, 5.41) is 9.27. The molecule has 0 radical (unpaired) electrons. The van der Waals surface area contributed by atoms with Crippen molar-refractivity contribution in [1.82, 2.24) is 0 Å². The van der Waals surface area contributed by atoms with Gasteiger partial charge in [0.15, 0.2) is 0 Å². The molecular weight excluding hydrogens is 242 g/mol. The van der Waals surface area contributed by atoms with E-state index in [1.54, 1.807) is 12.1 Å². The third-order valence-electron chi connectivity index (χ3n) is 3.23. The number of nitrogen functional groups attached to an aromatic ring is 1. The fourth-order valence-electron chi connectivity index (χ4n) is 2.35. The lowest BCUT2D eigenvalue weighted by atomic mass is 9.98. The van der Waals surface area contributed by atoms with Crippen molar-refractivity contribution in [2.24, 2.45) is 0 Å². The molecule has 0 aromatic heterocycles. The molecule has 2 aromatic rings. The molecule has 2 aromatic carbocycles. The first-order valence-electron chi connectivity index (χ1n) is 6.04. The van der Waals surface area contributed by atoms with Crippen LogP contribution in [0.5, 0.6) is 5.75 Å². The first kappa shape index (κ1) is 11.6. The quantitative estimate of drug-likeness (QED) is 0.809. The van der Waals surface area contributed by atoms with Crippen molar-refractivity contribution in [2.75, 3.05) is 12.3 Å². The van der Waals surface area contributed by atoms with E-state index in [1.165, 1.54) is 0 Å². The van der Waals surface area contributed by atoms with Gasteiger partial charge in [0.05, 0.1) is 6.61 Å². The Bertz CT molecular complexity index is 664. The molecule has 1 heterocycles. The molecule has 4 nitrogen and oxygen atoms in total. The zero-order valence-electron chi connectivity index (χ0n) is 10.2. The summed E-state index contributed by atoms with van der Waals surface area (Å²) < 4.78 is 5.40. The highest BCUT2D eigenvalue weighted by Crippen LogP contribution is 2.35. The summed E-state index contributed by atoms with van der Waals surface area (Å²) in [6, 6.07) is 11.0. The van der Waals surface area contributed by atoms with Crippen LogP contribution in [0.15, 0.2) is 36.4 Å². The molecule has 0 aliphatic carbocycles. The number of ether oxygens (including phenoxy) is 1. The minimum absolute atomic E-state index is 0.215. The summed E-state index contributed by atoms with van der Waals surface area (Å²) in [7, 11) is 0. The molecule has 96 valence electrons. The number of aromatic carboxylic acids is 1. The van der Waals surface area contributed by atoms with Crippen LogP contribution in [0.2, 0.25) is 0 Å². The zero-order chi connectivity index (χ0) is 13.4. The number of rotatable bonds is 2. The number of fused-ring (bicyclic) bond motifs is 1. The van der Waals surface area contributed by atoms with E-state index < -0.39 is 5.97 Å². The van der Waals surface area contributed by atoms with Gasteiger partial charge in [0.1, 0.15) is 11.3 Å². The van der Waals surface area contributed by atoms with Crippen LogP contribution in [0.3, 0.4) is 0 Å². The second kappa shape index (κ2) is 4.31. The highest BCUT2D eigenvalue weighted by atomic mass is 16.5. The van der Waals surface area contributed by atoms with Gasteiger partial charge in [0, 0.05) is 12.1 Å². The molecule has 0 amide bonds. The van der Waals surface area contributed by atoms with E-state index in [4.69, 9.17) is 10.5 Å². The molecule has 0 bridgehead atoms. The third-order valence-corrected chi connectivity index (χ3v) is 3.23. The number of anilines is 1. The maximum atomic E-state index is 11.3. The Hall–Kier alpha value is -2.49. The van der Waals surface area contributed by atoms with Gasteiger partial charge in [0.25, 0.3) is 0 Å². The van der Waals surface area contributed by atoms with E-state index in [1.807, 2.05) is 24.3 Å². The molecule has 0 saturated heterocycles. The number of benzene rings is 2. The van der Waals surface area contributed by atoms with Crippen molar-refractivity contribution in [3.8, 4) is 16.9 Å². The Labute approximate surface area is 110 Å². The van der Waals surface area contributed by atoms with Gasteiger partial charge in [-0.2, -0.15) is 0 Å². The molecule has 3 rings (SSSR count). The molecule has 0 fully saturated rings. The van der Waals surface area contributed by atoms with Gasteiger partial charge in [-0.15, -0.1) is 0 Å². The lowest BCUT2D eigenvalue weighted by Crippen LogP contribution is -2.00. The van der Waals surface area contributed by atoms with Crippen molar-refractivity contribution in [1.29, 1.82) is 0 Å². The molecule has 0 saturated carbocycles. The largest absolute Gasteiger partial charge is 0.492 e. The lowest BCUT2D eigenvalue weighted by molar-refractivity contribution is 0.0693. The number of hydrogen-bond donors (Lipinski definition) is 2. The molecule has 0 spiro atoms. The number of carbonyl (C=O) groups is 1. The van der Waals surface area contributed by atoms with Gasteiger partial charge in [-0.25, -0.2) is 4.79 Å². The maximum Gasteiger partial charge on any atom is 0.339 e. The normalized spacial score (nSPS) is 12.8. The fraction of sp³-hybridized carbons (Fsp3) is 0.133. The number of hydrogen-bond acceptors (Lipinski definition) is 3. The van der Waals surface area contributed by atoms with Gasteiger partial charge >= 0.3 is 5.97 Å². The van der Waals surface area contributed by atoms with Crippen LogP contribution < -0.4 is 10.5 Å². The Morgan fingerprint density at radius 3 is 2.79 bits per heavy atom. The maximum absolute atomic E-state index is 11.3. The summed E-state index contributed by atoms with van der Waals surface area (Å²) in [6.45, 7) is 0.538. The SMILES string of the molecule is Nc1cccc(-c2cc3c(c(C(=O)O)c2)OCC3)c1. The van der Waals surface area contributed by atoms with E-state index in [0.717, 1.165) is 23.1 Å². The van der Waals surface area contributed by atoms with Gasteiger partial charge in [-0.3, -0.25) is 0 Å². The van der Waals surface area contributed by atoms with Crippen LogP contribution in [-0.2, 0) is 6.42 Å². The van der Waals surface area contributed by atoms with Gasteiger partial charge in [0.2, 0.25) is 0 Å². The van der Waals surface area contributed by atoms with Gasteiger partial charge in [-0.1, -0.05) is 12.1 Å². The monoisotopic (exact) mass is 255 g/mol. The van der Waals surface area contributed by atoms with Crippen LogP contribution in [0.1, 0.15) is 15.9 Å². The molecule has 19 heavy (non-hydrogen) atoms. The molecule has 1 aliphatic rings. The molecule has 1 aliphatic heterocycles. The van der Waals surface area contributed by atoms with Crippen LogP contribution in [0.4, 0.5) is 5.69 Å². The Kier molecular flexibility index (Phi) is 2.63. The predicted molar refractivity (Wildman–Crippen MR) is 72.4 cm³/mol. The number of carboxylic acids is 1. The van der Waals surface area contributed by atoms with E-state index in [0.29, 0.717) is 18.0 Å². The summed E-state index contributed by atoms with van der Waals surface area (Å²) in [6.07, 6.45) is 0.742. The summed E-state index contributed by atoms with van der Waals surface area (Å²) >= 11 is 0. The van der Waals surface area contributed by atoms with E-state index >= 15 is 0 Å². The molecule has 3 N–H and O–H groups in total. The smallest absolute Gasteiger partial charge is 0.339 e. The number of nitrogens with two attached hydrogens (primary N) is 1. The second-order valence-corrected chi connectivity index (χ2v) is 4.54. The molecule has 0 unspecified atom stereocenters. The number of carboxylic acid groups (broad SMARTS) is 1. The first-order valence-corrected chi connectivity index (χ1v) is 6.04. The Morgan fingerprint density at radius 1 is 1.21 bits per heavy atom. The highest BCUT2D eigenvalue weighted by Gasteiger charge is 2.22. The molecule has 4 heteroatoms. The highest BCUT2D eigenvalue weighted by molar-refractivity contribution is 5.93. The first-order chi connectivity index (χ1) is 9.15. The van der Waals surface area contributed by atoms with E-state index in [2.05, 4.69) is 0 Å². The second-order valence-electron chi connectivity index (χ2n) is 4.54. The average molecular weight is 255 g/mol. The zero-order valence-corrected chi connectivity index (χ0v) is 10.2. The van der Waals surface area contributed by atoms with Crippen molar-refractivity contribution in [3.05, 3.63) is 47.5 Å². The van der Waals surface area contributed by atoms with Crippen LogP contribution in [0.25, 0.3) is 11.1 Å². The third kappa shape index (κ3) is 2.01. The summed E-state index contributed by atoms with van der Waals surface area (Å²) in [5.41, 5.74) is 9.35. The average Bonchev–Trinajstić information content (AvgIpc) is 2.85. The lowest BCUT2D eigenvalue weighted by Gasteiger charge is -2.09. The minimum atomic E-state index is -0.969. The van der Waals surface area contributed by atoms with Crippen LogP contribution in [-0.4, -0.2) is 17.7 Å². The van der Waals surface area contributed by atoms with E-state index in [-0.39, 0.29) is 5.56 Å². The minimum Gasteiger partial charge on any atom is -0.492 e. The van der Waals surface area contributed by atoms with Crippen molar-refractivity contribution < 1.29 is 14.6 Å². The van der Waals surface area contributed by atoms with Crippen LogP contribution in [0, 0.1) is 0 Å². The topological polar surface area (TPSA) is 72.6 Å². The standard InChI is InChI=1S/C15H13NO3/c16-12-3-1-2-9(7-12)11-6-10-4-5-19-14(10)13(8-11)15(17)18/h1-3,6-8H,4-5,16H2,(H,17,18). The predicted octanol–water partition coefficient (Wildman–Crippen LogP) is 2.57. The van der Waals surface area contributed by atoms with Crippen molar-refractivity contribution >= 4 is 11.7 Å². The molecular formula is C15H13NO3. The van der Waals surface area contributed by atoms with Crippen molar-refractivity contribution in [2.45, 2.75) is 6.42 Å². The van der Waals surface area contributed by atoms with Crippen molar-refractivity contribution in [3.63, 3.8) is 0 Å². The van der Waals surface area contributed by atoms with Gasteiger partial charge < -0.3 is 15.6 Å². The fourth-order valence-corrected chi connectivity index (χ4v) is 2.35. The Morgan fingerprint density at radius 2 is 2.05 bits per heavy atom. The van der Waals surface area contributed by atoms with Gasteiger partial charge in [-0.05, 0) is 41.0 Å². The summed E-state index contributed by atoms with van der Waals surface area (Å²) in [4.78, 5) is 11.3. The van der Waals surface area contributed by atoms with E-state index in [9.17, 15) is 9.90 Å². The summed E-state index contributed by atoms with van der Waals surface area (Å²) in [5.74, 6) is -0.468. The molecule has 0 atom stereocenters.